The smallest absolute Gasteiger partial charge is 0.299 e. The molecule has 10 heteroatoms. The molecule has 1 saturated heterocycles. The van der Waals surface area contributed by atoms with Crippen molar-refractivity contribution in [1.29, 1.82) is 0 Å². The first-order valence-electron chi connectivity index (χ1n) is 8.35. The third kappa shape index (κ3) is 3.01. The van der Waals surface area contributed by atoms with Crippen LogP contribution in [0.4, 0.5) is 5.69 Å². The predicted octanol–water partition coefficient (Wildman–Crippen LogP) is 1.23. The Labute approximate surface area is 155 Å². The summed E-state index contributed by atoms with van der Waals surface area (Å²) in [5.74, 6) is -0.126. The fourth-order valence-electron chi connectivity index (χ4n) is 3.07. The van der Waals surface area contributed by atoms with Crippen molar-refractivity contribution in [2.24, 2.45) is 0 Å². The van der Waals surface area contributed by atoms with E-state index in [2.05, 4.69) is 4.98 Å². The van der Waals surface area contributed by atoms with E-state index in [-0.39, 0.29) is 23.9 Å². The van der Waals surface area contributed by atoms with Gasteiger partial charge in [0, 0.05) is 18.8 Å². The maximum Gasteiger partial charge on any atom is 0.299 e. The molecule has 0 aliphatic carbocycles. The molecular formula is C17H18N4O5S. The zero-order valence-electron chi connectivity index (χ0n) is 14.6. The van der Waals surface area contributed by atoms with Crippen LogP contribution < -0.4 is 5.73 Å². The number of hydrogen-bond acceptors (Lipinski definition) is 7. The molecular weight excluding hydrogens is 372 g/mol. The molecule has 142 valence electrons. The van der Waals surface area contributed by atoms with Crippen LogP contribution in [0.15, 0.2) is 39.8 Å². The van der Waals surface area contributed by atoms with Crippen molar-refractivity contribution in [2.45, 2.75) is 12.0 Å². The van der Waals surface area contributed by atoms with Crippen molar-refractivity contribution in [2.75, 3.05) is 32.0 Å². The van der Waals surface area contributed by atoms with Crippen LogP contribution in [0.3, 0.4) is 0 Å². The summed E-state index contributed by atoms with van der Waals surface area (Å²) < 4.78 is 38.6. The second-order valence-corrected chi connectivity index (χ2v) is 8.05. The Hall–Kier alpha value is -2.69. The van der Waals surface area contributed by atoms with Crippen LogP contribution in [0.5, 0.6) is 0 Å². The topological polar surface area (TPSA) is 121 Å². The minimum absolute atomic E-state index is 0.0824. The molecule has 4 rings (SSSR count). The number of nitrogens with zero attached hydrogens (tertiary/aromatic N) is 3. The van der Waals surface area contributed by atoms with Crippen molar-refractivity contribution < 1.29 is 22.4 Å². The van der Waals surface area contributed by atoms with Gasteiger partial charge in [-0.05, 0) is 37.3 Å². The van der Waals surface area contributed by atoms with E-state index >= 15 is 0 Å². The number of furan rings is 1. The van der Waals surface area contributed by atoms with Gasteiger partial charge in [0.25, 0.3) is 15.9 Å². The number of ether oxygens (including phenoxy) is 1. The van der Waals surface area contributed by atoms with Gasteiger partial charge in [-0.25, -0.2) is 13.4 Å². The Balaban J connectivity index is 1.70. The number of hydrogen-bond donors (Lipinski definition) is 1. The maximum absolute atomic E-state index is 12.9. The van der Waals surface area contributed by atoms with Crippen LogP contribution >= 0.6 is 0 Å². The van der Waals surface area contributed by atoms with Gasteiger partial charge in [-0.15, -0.1) is 0 Å². The van der Waals surface area contributed by atoms with Crippen molar-refractivity contribution >= 4 is 32.7 Å². The van der Waals surface area contributed by atoms with Crippen LogP contribution in [0.2, 0.25) is 0 Å². The molecule has 1 fully saturated rings. The molecule has 2 aromatic heterocycles. The molecule has 3 heterocycles. The van der Waals surface area contributed by atoms with Crippen LogP contribution in [0.25, 0.3) is 11.0 Å². The number of imidazole rings is 1. The zero-order valence-corrected chi connectivity index (χ0v) is 15.4. The summed E-state index contributed by atoms with van der Waals surface area (Å²) in [5.41, 5.74) is 7.45. The highest BCUT2D eigenvalue weighted by Gasteiger charge is 2.30. The van der Waals surface area contributed by atoms with E-state index in [1.165, 1.54) is 21.0 Å². The van der Waals surface area contributed by atoms with E-state index in [0.717, 1.165) is 0 Å². The molecule has 0 atom stereocenters. The average Bonchev–Trinajstić information content (AvgIpc) is 3.26. The van der Waals surface area contributed by atoms with Crippen molar-refractivity contribution in [3.63, 3.8) is 0 Å². The number of rotatable bonds is 3. The number of morpholine rings is 1. The summed E-state index contributed by atoms with van der Waals surface area (Å²) in [4.78, 5) is 17.2. The van der Waals surface area contributed by atoms with Crippen molar-refractivity contribution in [3.05, 3.63) is 41.9 Å². The monoisotopic (exact) mass is 390 g/mol. The third-order valence-corrected chi connectivity index (χ3v) is 6.18. The quantitative estimate of drug-likeness (QED) is 0.668. The Morgan fingerprint density at radius 2 is 1.93 bits per heavy atom. The number of aromatic nitrogens is 2. The van der Waals surface area contributed by atoms with Crippen LogP contribution in [0, 0.1) is 6.92 Å². The number of nitrogens with two attached hydrogens (primary N) is 1. The molecule has 27 heavy (non-hydrogen) atoms. The lowest BCUT2D eigenvalue weighted by Crippen LogP contribution is -2.40. The van der Waals surface area contributed by atoms with Gasteiger partial charge in [-0.1, -0.05) is 0 Å². The number of anilines is 1. The lowest BCUT2D eigenvalue weighted by Gasteiger charge is -2.24. The van der Waals surface area contributed by atoms with Gasteiger partial charge in [0.2, 0.25) is 5.09 Å². The zero-order chi connectivity index (χ0) is 19.2. The summed E-state index contributed by atoms with van der Waals surface area (Å²) in [7, 11) is -3.81. The molecule has 0 bridgehead atoms. The minimum Gasteiger partial charge on any atom is -0.438 e. The Bertz CT molecular complexity index is 1130. The molecule has 0 spiro atoms. The van der Waals surface area contributed by atoms with Crippen LogP contribution in [-0.4, -0.2) is 54.5 Å². The summed E-state index contributed by atoms with van der Waals surface area (Å²) in [6.07, 6.45) is 0. The van der Waals surface area contributed by atoms with Gasteiger partial charge >= 0.3 is 0 Å². The summed E-state index contributed by atoms with van der Waals surface area (Å²) >= 11 is 0. The lowest BCUT2D eigenvalue weighted by molar-refractivity contribution is 0.0722. The fraction of sp³-hybridized carbons (Fsp3) is 0.294. The molecule has 0 unspecified atom stereocenters. The van der Waals surface area contributed by atoms with E-state index in [4.69, 9.17) is 14.9 Å². The highest BCUT2D eigenvalue weighted by molar-refractivity contribution is 7.89. The molecule has 3 aromatic rings. The Kier molecular flexibility index (Phi) is 4.25. The van der Waals surface area contributed by atoms with Crippen molar-refractivity contribution in [3.8, 4) is 0 Å². The maximum atomic E-state index is 12.9. The number of sulfonamides is 1. The highest BCUT2D eigenvalue weighted by Crippen LogP contribution is 2.23. The SMILES string of the molecule is Cc1nc2cc(N)ccc2n1C(=O)c1ccc(S(=O)(=O)N2CCOCC2)o1. The van der Waals surface area contributed by atoms with E-state index in [0.29, 0.717) is 35.8 Å². The predicted molar refractivity (Wildman–Crippen MR) is 96.9 cm³/mol. The number of nitrogen functional groups attached to an aromatic ring is 1. The van der Waals surface area contributed by atoms with Gasteiger partial charge in [0.05, 0.1) is 24.2 Å². The van der Waals surface area contributed by atoms with Crippen LogP contribution in [0.1, 0.15) is 16.4 Å². The van der Waals surface area contributed by atoms with Crippen LogP contribution in [-0.2, 0) is 14.8 Å². The van der Waals surface area contributed by atoms with E-state index in [9.17, 15) is 13.2 Å². The molecule has 1 aromatic carbocycles. The second kappa shape index (κ2) is 6.48. The summed E-state index contributed by atoms with van der Waals surface area (Å²) in [5, 5.41) is -0.265. The minimum atomic E-state index is -3.81. The third-order valence-electron chi connectivity index (χ3n) is 4.41. The molecule has 0 saturated carbocycles. The molecule has 1 aliphatic heterocycles. The largest absolute Gasteiger partial charge is 0.438 e. The Morgan fingerprint density at radius 1 is 1.19 bits per heavy atom. The molecule has 0 radical (unpaired) electrons. The number of carbonyl (C=O) groups excluding carboxylic acids is 1. The van der Waals surface area contributed by atoms with Gasteiger partial charge in [-0.3, -0.25) is 9.36 Å². The van der Waals surface area contributed by atoms with Crippen molar-refractivity contribution in [1.82, 2.24) is 13.9 Å². The number of aryl methyl sites for hydroxylation is 1. The van der Waals surface area contributed by atoms with Gasteiger partial charge < -0.3 is 14.9 Å². The normalized spacial score (nSPS) is 16.0. The number of benzene rings is 1. The van der Waals surface area contributed by atoms with E-state index < -0.39 is 15.9 Å². The standard InChI is InChI=1S/C17H18N4O5S/c1-11-19-13-10-12(18)2-3-14(13)21(11)17(22)15-4-5-16(26-15)27(23,24)20-6-8-25-9-7-20/h2-5,10H,6-9,18H2,1H3. The van der Waals surface area contributed by atoms with Gasteiger partial charge in [0.15, 0.2) is 5.76 Å². The Morgan fingerprint density at radius 3 is 2.67 bits per heavy atom. The fourth-order valence-corrected chi connectivity index (χ4v) is 4.39. The summed E-state index contributed by atoms with van der Waals surface area (Å²) in [6, 6.07) is 7.69. The number of carbonyl (C=O) groups is 1. The highest BCUT2D eigenvalue weighted by atomic mass is 32.2. The average molecular weight is 390 g/mol. The lowest BCUT2D eigenvalue weighted by atomic mass is 10.3. The van der Waals surface area contributed by atoms with E-state index in [1.54, 1.807) is 25.1 Å². The molecule has 9 nitrogen and oxygen atoms in total. The first-order valence-corrected chi connectivity index (χ1v) is 9.79. The first-order chi connectivity index (χ1) is 12.9. The molecule has 0 amide bonds. The molecule has 1 aliphatic rings. The molecule has 2 N–H and O–H groups in total. The van der Waals surface area contributed by atoms with Gasteiger partial charge in [-0.2, -0.15) is 4.31 Å². The number of fused-ring (bicyclic) bond motifs is 1. The second-order valence-electron chi connectivity index (χ2n) is 6.18. The van der Waals surface area contributed by atoms with E-state index in [1.807, 2.05) is 0 Å². The van der Waals surface area contributed by atoms with Gasteiger partial charge in [0.1, 0.15) is 5.82 Å². The first kappa shape index (κ1) is 17.7. The summed E-state index contributed by atoms with van der Waals surface area (Å²) in [6.45, 7) is 2.84.